The van der Waals surface area contributed by atoms with Crippen molar-refractivity contribution in [3.05, 3.63) is 24.0 Å². The number of para-hydroxylation sites is 1. The molecule has 29 heavy (non-hydrogen) atoms. The lowest BCUT2D eigenvalue weighted by Gasteiger charge is -2.26. The van der Waals surface area contributed by atoms with Gasteiger partial charge in [-0.05, 0) is 32.9 Å². The lowest BCUT2D eigenvalue weighted by molar-refractivity contribution is -0.147. The van der Waals surface area contributed by atoms with Gasteiger partial charge in [-0.2, -0.15) is 0 Å². The topological polar surface area (TPSA) is 114 Å². The SMILES string of the molecule is COC(=O)[C@H]1CC(=O)N[C@@H]1C(=O)N(C)c1cccc(F)c1NC(=O)OC(C)(C)C. The molecule has 0 aromatic heterocycles. The molecule has 9 nitrogen and oxygen atoms in total. The standard InChI is InChI=1S/C19H24FN3O6/c1-19(2,3)29-18(27)22-15-11(20)7-6-8-12(15)23(4)16(25)14-10(17(26)28-5)9-13(24)21-14/h6-8,10,14H,9H2,1-5H3,(H,21,24)(H,22,27)/t10-,14-/m0/s1. The maximum atomic E-state index is 14.4. The summed E-state index contributed by atoms with van der Waals surface area (Å²) in [5.74, 6) is -3.63. The Morgan fingerprint density at radius 2 is 1.93 bits per heavy atom. The Kier molecular flexibility index (Phi) is 6.45. The van der Waals surface area contributed by atoms with Gasteiger partial charge in [0.05, 0.1) is 18.7 Å². The van der Waals surface area contributed by atoms with Gasteiger partial charge < -0.3 is 19.7 Å². The van der Waals surface area contributed by atoms with Crippen molar-refractivity contribution in [2.24, 2.45) is 5.92 Å². The highest BCUT2D eigenvalue weighted by atomic mass is 19.1. The molecule has 0 aliphatic carbocycles. The molecular weight excluding hydrogens is 385 g/mol. The number of nitrogens with zero attached hydrogens (tertiary/aromatic N) is 1. The van der Waals surface area contributed by atoms with E-state index in [9.17, 15) is 23.6 Å². The van der Waals surface area contributed by atoms with E-state index in [1.54, 1.807) is 20.8 Å². The van der Waals surface area contributed by atoms with Gasteiger partial charge in [-0.15, -0.1) is 0 Å². The number of carbonyl (C=O) groups excluding carboxylic acids is 4. The Bertz CT molecular complexity index is 836. The third kappa shape index (κ3) is 5.21. The van der Waals surface area contributed by atoms with Gasteiger partial charge in [-0.25, -0.2) is 9.18 Å². The molecule has 0 bridgehead atoms. The molecular formula is C19H24FN3O6. The first-order valence-electron chi connectivity index (χ1n) is 8.88. The summed E-state index contributed by atoms with van der Waals surface area (Å²) in [7, 11) is 2.50. The van der Waals surface area contributed by atoms with Crippen LogP contribution < -0.4 is 15.5 Å². The van der Waals surface area contributed by atoms with Crippen LogP contribution in [0.3, 0.4) is 0 Å². The van der Waals surface area contributed by atoms with Crippen molar-refractivity contribution in [3.63, 3.8) is 0 Å². The summed E-state index contributed by atoms with van der Waals surface area (Å²) in [5.41, 5.74) is -1.04. The number of benzene rings is 1. The number of nitrogens with one attached hydrogen (secondary N) is 2. The maximum absolute atomic E-state index is 14.4. The van der Waals surface area contributed by atoms with Gasteiger partial charge >= 0.3 is 12.1 Å². The molecule has 2 rings (SSSR count). The zero-order valence-corrected chi connectivity index (χ0v) is 16.9. The molecule has 0 saturated carbocycles. The third-order valence-corrected chi connectivity index (χ3v) is 4.20. The van der Waals surface area contributed by atoms with Crippen molar-refractivity contribution in [3.8, 4) is 0 Å². The predicted molar refractivity (Wildman–Crippen MR) is 102 cm³/mol. The molecule has 1 aromatic rings. The van der Waals surface area contributed by atoms with E-state index in [0.717, 1.165) is 18.1 Å². The number of ether oxygens (including phenoxy) is 2. The van der Waals surface area contributed by atoms with Gasteiger partial charge in [0.25, 0.3) is 0 Å². The fraction of sp³-hybridized carbons (Fsp3) is 0.474. The summed E-state index contributed by atoms with van der Waals surface area (Å²) < 4.78 is 24.2. The van der Waals surface area contributed by atoms with E-state index in [0.29, 0.717) is 0 Å². The highest BCUT2D eigenvalue weighted by Gasteiger charge is 2.44. The van der Waals surface area contributed by atoms with Crippen molar-refractivity contribution >= 4 is 35.3 Å². The van der Waals surface area contributed by atoms with Crippen LogP contribution in [0.1, 0.15) is 27.2 Å². The Balaban J connectivity index is 2.30. The van der Waals surface area contributed by atoms with E-state index in [1.807, 2.05) is 0 Å². The van der Waals surface area contributed by atoms with Crippen molar-refractivity contribution in [1.29, 1.82) is 0 Å². The summed E-state index contributed by atoms with van der Waals surface area (Å²) >= 11 is 0. The van der Waals surface area contributed by atoms with Crippen LogP contribution in [-0.4, -0.2) is 49.7 Å². The second kappa shape index (κ2) is 8.46. The molecule has 0 unspecified atom stereocenters. The summed E-state index contributed by atoms with van der Waals surface area (Å²) in [6, 6.07) is 2.72. The number of rotatable bonds is 4. The fourth-order valence-electron chi connectivity index (χ4n) is 2.90. The van der Waals surface area contributed by atoms with Crippen LogP contribution in [0.15, 0.2) is 18.2 Å². The van der Waals surface area contributed by atoms with Crippen LogP contribution in [-0.2, 0) is 23.9 Å². The molecule has 0 radical (unpaired) electrons. The molecule has 2 atom stereocenters. The molecule has 1 aliphatic rings. The van der Waals surface area contributed by atoms with E-state index in [-0.39, 0.29) is 17.8 Å². The van der Waals surface area contributed by atoms with E-state index in [1.165, 1.54) is 19.2 Å². The minimum Gasteiger partial charge on any atom is -0.469 e. The molecule has 1 aliphatic heterocycles. The minimum atomic E-state index is -1.17. The van der Waals surface area contributed by atoms with E-state index in [4.69, 9.17) is 4.74 Å². The third-order valence-electron chi connectivity index (χ3n) is 4.20. The molecule has 1 heterocycles. The van der Waals surface area contributed by atoms with Crippen LogP contribution in [0.4, 0.5) is 20.6 Å². The number of methoxy groups -OCH3 is 1. The molecule has 1 saturated heterocycles. The summed E-state index contributed by atoms with van der Waals surface area (Å²) in [4.78, 5) is 49.7. The smallest absolute Gasteiger partial charge is 0.412 e. The first kappa shape index (κ1) is 22.1. The summed E-state index contributed by atoms with van der Waals surface area (Å²) in [6.07, 6.45) is -1.09. The molecule has 2 N–H and O–H groups in total. The zero-order chi connectivity index (χ0) is 21.9. The zero-order valence-electron chi connectivity index (χ0n) is 16.9. The van der Waals surface area contributed by atoms with E-state index in [2.05, 4.69) is 15.4 Å². The quantitative estimate of drug-likeness (QED) is 0.733. The molecule has 1 aromatic carbocycles. The second-order valence-electron chi connectivity index (χ2n) is 7.54. The fourth-order valence-corrected chi connectivity index (χ4v) is 2.90. The number of likely N-dealkylation sites (N-methyl/N-ethyl adjacent to an activating group) is 1. The van der Waals surface area contributed by atoms with Crippen LogP contribution >= 0.6 is 0 Å². The van der Waals surface area contributed by atoms with Crippen LogP contribution in [0.2, 0.25) is 0 Å². The molecule has 3 amide bonds. The molecule has 1 fully saturated rings. The number of esters is 1. The molecule has 158 valence electrons. The first-order valence-corrected chi connectivity index (χ1v) is 8.88. The highest BCUT2D eigenvalue weighted by Crippen LogP contribution is 2.30. The highest BCUT2D eigenvalue weighted by molar-refractivity contribution is 6.06. The Morgan fingerprint density at radius 3 is 2.52 bits per heavy atom. The second-order valence-corrected chi connectivity index (χ2v) is 7.54. The van der Waals surface area contributed by atoms with Crippen molar-refractivity contribution in [2.45, 2.75) is 38.8 Å². The van der Waals surface area contributed by atoms with Gasteiger partial charge in [0.15, 0.2) is 0 Å². The van der Waals surface area contributed by atoms with E-state index >= 15 is 0 Å². The summed E-state index contributed by atoms with van der Waals surface area (Å²) in [6.45, 7) is 4.96. The van der Waals surface area contributed by atoms with E-state index < -0.39 is 47.3 Å². The van der Waals surface area contributed by atoms with Gasteiger partial charge in [-0.1, -0.05) is 6.07 Å². The summed E-state index contributed by atoms with van der Waals surface area (Å²) in [5, 5.41) is 4.75. The lowest BCUT2D eigenvalue weighted by atomic mass is 9.99. The number of hydrogen-bond acceptors (Lipinski definition) is 6. The van der Waals surface area contributed by atoms with Gasteiger partial charge in [0.1, 0.15) is 23.1 Å². The van der Waals surface area contributed by atoms with Crippen molar-refractivity contribution in [1.82, 2.24) is 5.32 Å². The maximum Gasteiger partial charge on any atom is 0.412 e. The minimum absolute atomic E-state index is 0.0330. The van der Waals surface area contributed by atoms with Gasteiger partial charge in [0, 0.05) is 13.5 Å². The predicted octanol–water partition coefficient (Wildman–Crippen LogP) is 1.81. The van der Waals surface area contributed by atoms with Crippen LogP contribution in [0.5, 0.6) is 0 Å². The normalized spacial score (nSPS) is 18.6. The van der Waals surface area contributed by atoms with Crippen molar-refractivity contribution in [2.75, 3.05) is 24.4 Å². The number of halogens is 1. The molecule has 0 spiro atoms. The lowest BCUT2D eigenvalue weighted by Crippen LogP contribution is -2.47. The monoisotopic (exact) mass is 409 g/mol. The molecule has 10 heteroatoms. The number of carbonyl (C=O) groups is 4. The first-order chi connectivity index (χ1) is 13.4. The average Bonchev–Trinajstić information content (AvgIpc) is 3.01. The van der Waals surface area contributed by atoms with Gasteiger partial charge in [0.2, 0.25) is 11.8 Å². The number of hydrogen-bond donors (Lipinski definition) is 2. The number of amides is 3. The number of anilines is 2. The Morgan fingerprint density at radius 1 is 1.28 bits per heavy atom. The Labute approximate surface area is 167 Å². The van der Waals surface area contributed by atoms with Gasteiger partial charge in [-0.3, -0.25) is 19.7 Å². The van der Waals surface area contributed by atoms with Crippen molar-refractivity contribution < 1.29 is 33.0 Å². The van der Waals surface area contributed by atoms with Crippen LogP contribution in [0.25, 0.3) is 0 Å². The van der Waals surface area contributed by atoms with Crippen LogP contribution in [0, 0.1) is 11.7 Å². The largest absolute Gasteiger partial charge is 0.469 e. The average molecular weight is 409 g/mol. The Hall–Kier alpha value is -3.17.